The third-order valence-corrected chi connectivity index (χ3v) is 5.11. The van der Waals surface area contributed by atoms with Gasteiger partial charge in [-0.15, -0.1) is 10.2 Å². The number of hydrogen-bond acceptors (Lipinski definition) is 7. The van der Waals surface area contributed by atoms with E-state index in [-0.39, 0.29) is 5.75 Å². The molecule has 1 aromatic heterocycles. The highest BCUT2D eigenvalue weighted by atomic mass is 32.2. The van der Waals surface area contributed by atoms with Crippen LogP contribution >= 0.6 is 11.8 Å². The number of benzene rings is 1. The molecule has 3 amide bonds. The fourth-order valence-corrected chi connectivity index (χ4v) is 3.33. The molecule has 0 saturated carbocycles. The molecule has 1 saturated heterocycles. The number of nitrogens with one attached hydrogen (secondary N) is 2. The van der Waals surface area contributed by atoms with E-state index in [0.29, 0.717) is 23.3 Å². The Hall–Kier alpha value is -2.39. The second-order valence-electron chi connectivity index (χ2n) is 6.58. The lowest BCUT2D eigenvalue weighted by molar-refractivity contribution is -0.117. The number of para-hydroxylation sites is 1. The van der Waals surface area contributed by atoms with Crippen LogP contribution < -0.4 is 10.6 Å². The van der Waals surface area contributed by atoms with E-state index in [9.17, 15) is 9.59 Å². The topological polar surface area (TPSA) is 100 Å². The van der Waals surface area contributed by atoms with Crippen LogP contribution in [0.1, 0.15) is 25.7 Å². The van der Waals surface area contributed by atoms with Crippen molar-refractivity contribution in [1.29, 1.82) is 0 Å². The molecule has 27 heavy (non-hydrogen) atoms. The van der Waals surface area contributed by atoms with E-state index in [4.69, 9.17) is 4.42 Å². The molecule has 0 atom stereocenters. The van der Waals surface area contributed by atoms with Gasteiger partial charge in [0.15, 0.2) is 0 Å². The molecule has 2 N–H and O–H groups in total. The first-order chi connectivity index (χ1) is 13.1. The van der Waals surface area contributed by atoms with E-state index in [1.54, 1.807) is 24.3 Å². The van der Waals surface area contributed by atoms with E-state index >= 15 is 0 Å². The monoisotopic (exact) mass is 389 g/mol. The first kappa shape index (κ1) is 19.4. The minimum Gasteiger partial charge on any atom is -0.415 e. The Balaban J connectivity index is 1.39. The predicted molar refractivity (Wildman–Crippen MR) is 102 cm³/mol. The lowest BCUT2D eigenvalue weighted by Gasteiger charge is -2.28. The predicted octanol–water partition coefficient (Wildman–Crippen LogP) is 2.74. The van der Waals surface area contributed by atoms with Crippen LogP contribution in [0.3, 0.4) is 0 Å². The summed E-state index contributed by atoms with van der Waals surface area (Å²) in [4.78, 5) is 25.9. The van der Waals surface area contributed by atoms with Gasteiger partial charge in [-0.25, -0.2) is 4.79 Å². The summed E-state index contributed by atoms with van der Waals surface area (Å²) in [6.07, 6.45) is 2.36. The molecule has 2 heterocycles. The lowest BCUT2D eigenvalue weighted by atomic mass is 9.99. The van der Waals surface area contributed by atoms with Gasteiger partial charge in [-0.05, 0) is 44.0 Å². The number of piperidine rings is 1. The Labute approximate surface area is 162 Å². The molecular weight excluding hydrogens is 366 g/mol. The third kappa shape index (κ3) is 6.37. The average molecular weight is 389 g/mol. The zero-order chi connectivity index (χ0) is 19.1. The number of carbonyl (C=O) groups is 2. The van der Waals surface area contributed by atoms with Crippen molar-refractivity contribution in [3.05, 3.63) is 36.2 Å². The van der Waals surface area contributed by atoms with Crippen LogP contribution in [-0.4, -0.2) is 45.9 Å². The van der Waals surface area contributed by atoms with Crippen LogP contribution in [0, 0.1) is 5.92 Å². The van der Waals surface area contributed by atoms with E-state index in [0.717, 1.165) is 30.8 Å². The van der Waals surface area contributed by atoms with Gasteiger partial charge in [0.2, 0.25) is 11.8 Å². The van der Waals surface area contributed by atoms with Crippen LogP contribution in [0.15, 0.2) is 40.0 Å². The highest BCUT2D eigenvalue weighted by molar-refractivity contribution is 7.99. The summed E-state index contributed by atoms with van der Waals surface area (Å²) in [5.41, 5.74) is 0.615. The number of aromatic nitrogens is 2. The highest BCUT2D eigenvalue weighted by Gasteiger charge is 2.18. The van der Waals surface area contributed by atoms with Crippen molar-refractivity contribution in [2.75, 3.05) is 24.2 Å². The standard InChI is InChI=1S/C18H23N5O3S/c1-13-7-9-23(10-8-13)11-16-21-22-18(26-16)27-12-15(24)20-17(25)19-14-5-3-2-4-6-14/h2-6,13H,7-12H2,1H3,(H2,19,20,24,25). The highest BCUT2D eigenvalue weighted by Crippen LogP contribution is 2.20. The van der Waals surface area contributed by atoms with Crippen molar-refractivity contribution >= 4 is 29.4 Å². The number of likely N-dealkylation sites (tertiary alicyclic amines) is 1. The number of rotatable bonds is 6. The summed E-state index contributed by atoms with van der Waals surface area (Å²) in [7, 11) is 0. The molecular formula is C18H23N5O3S. The van der Waals surface area contributed by atoms with Crippen LogP contribution in [0.2, 0.25) is 0 Å². The number of hydrogen-bond donors (Lipinski definition) is 2. The molecule has 0 unspecified atom stereocenters. The Morgan fingerprint density at radius 1 is 1.22 bits per heavy atom. The third-order valence-electron chi connectivity index (χ3n) is 4.29. The normalized spacial score (nSPS) is 15.4. The van der Waals surface area contributed by atoms with Crippen LogP contribution in [0.25, 0.3) is 0 Å². The maximum Gasteiger partial charge on any atom is 0.325 e. The molecule has 0 bridgehead atoms. The SMILES string of the molecule is CC1CCN(Cc2nnc(SCC(=O)NC(=O)Nc3ccccc3)o2)CC1. The number of thioether (sulfide) groups is 1. The van der Waals surface area contributed by atoms with E-state index in [1.165, 1.54) is 12.8 Å². The van der Waals surface area contributed by atoms with Gasteiger partial charge in [0.05, 0.1) is 12.3 Å². The van der Waals surface area contributed by atoms with Crippen molar-refractivity contribution < 1.29 is 14.0 Å². The van der Waals surface area contributed by atoms with Gasteiger partial charge >= 0.3 is 6.03 Å². The first-order valence-corrected chi connectivity index (χ1v) is 9.90. The molecule has 144 valence electrons. The summed E-state index contributed by atoms with van der Waals surface area (Å²) < 4.78 is 5.58. The number of imide groups is 1. The van der Waals surface area contributed by atoms with Gasteiger partial charge < -0.3 is 9.73 Å². The van der Waals surface area contributed by atoms with Gasteiger partial charge in [0.1, 0.15) is 0 Å². The Bertz CT molecular complexity index is 759. The molecule has 1 aromatic carbocycles. The quantitative estimate of drug-likeness (QED) is 0.733. The second-order valence-corrected chi connectivity index (χ2v) is 7.50. The van der Waals surface area contributed by atoms with E-state index in [1.807, 2.05) is 6.07 Å². The molecule has 1 aliphatic rings. The summed E-state index contributed by atoms with van der Waals surface area (Å²) >= 11 is 1.11. The molecule has 0 aliphatic carbocycles. The molecule has 1 aliphatic heterocycles. The molecule has 9 heteroatoms. The van der Waals surface area contributed by atoms with Crippen molar-refractivity contribution in [2.45, 2.75) is 31.5 Å². The number of nitrogens with zero attached hydrogens (tertiary/aromatic N) is 3. The first-order valence-electron chi connectivity index (χ1n) is 8.92. The zero-order valence-electron chi connectivity index (χ0n) is 15.2. The van der Waals surface area contributed by atoms with Crippen LogP contribution in [0.4, 0.5) is 10.5 Å². The number of amides is 3. The second kappa shape index (κ2) is 9.52. The van der Waals surface area contributed by atoms with Gasteiger partial charge in [-0.3, -0.25) is 15.0 Å². The summed E-state index contributed by atoms with van der Waals surface area (Å²) in [6, 6.07) is 8.34. The Morgan fingerprint density at radius 2 is 1.96 bits per heavy atom. The fraction of sp³-hybridized carbons (Fsp3) is 0.444. The van der Waals surface area contributed by atoms with Crippen molar-refractivity contribution in [3.63, 3.8) is 0 Å². The van der Waals surface area contributed by atoms with Gasteiger partial charge in [-0.1, -0.05) is 36.9 Å². The summed E-state index contributed by atoms with van der Waals surface area (Å²) in [5, 5.41) is 13.2. The largest absolute Gasteiger partial charge is 0.415 e. The fourth-order valence-electron chi connectivity index (χ4n) is 2.75. The minimum absolute atomic E-state index is 0.0189. The van der Waals surface area contributed by atoms with Crippen LogP contribution in [-0.2, 0) is 11.3 Å². The molecule has 0 radical (unpaired) electrons. The van der Waals surface area contributed by atoms with Gasteiger partial charge in [0.25, 0.3) is 5.22 Å². The molecule has 3 rings (SSSR count). The maximum absolute atomic E-state index is 11.9. The smallest absolute Gasteiger partial charge is 0.325 e. The van der Waals surface area contributed by atoms with Crippen molar-refractivity contribution in [2.24, 2.45) is 5.92 Å². The Morgan fingerprint density at radius 3 is 2.70 bits per heavy atom. The van der Waals surface area contributed by atoms with Crippen LogP contribution in [0.5, 0.6) is 0 Å². The molecule has 1 fully saturated rings. The zero-order valence-corrected chi connectivity index (χ0v) is 16.0. The molecule has 8 nitrogen and oxygen atoms in total. The number of carbonyl (C=O) groups excluding carboxylic acids is 2. The average Bonchev–Trinajstić information content (AvgIpc) is 3.10. The minimum atomic E-state index is -0.572. The molecule has 2 aromatic rings. The number of anilines is 1. The van der Waals surface area contributed by atoms with Crippen molar-refractivity contribution in [1.82, 2.24) is 20.4 Å². The maximum atomic E-state index is 11.9. The van der Waals surface area contributed by atoms with E-state index < -0.39 is 11.9 Å². The Kier molecular flexibility index (Phi) is 6.83. The number of urea groups is 1. The molecule has 0 spiro atoms. The van der Waals surface area contributed by atoms with Gasteiger partial charge in [0, 0.05) is 5.69 Å². The van der Waals surface area contributed by atoms with Gasteiger partial charge in [-0.2, -0.15) is 0 Å². The van der Waals surface area contributed by atoms with E-state index in [2.05, 4.69) is 32.7 Å². The summed E-state index contributed by atoms with van der Waals surface area (Å²) in [5.74, 6) is 0.908. The lowest BCUT2D eigenvalue weighted by Crippen LogP contribution is -2.35. The summed E-state index contributed by atoms with van der Waals surface area (Å²) in [6.45, 7) is 4.96. The van der Waals surface area contributed by atoms with Crippen molar-refractivity contribution in [3.8, 4) is 0 Å².